The topological polar surface area (TPSA) is 98.7 Å². The normalized spacial score (nSPS) is 17.3. The molecule has 2 aliphatic rings. The van der Waals surface area contributed by atoms with Gasteiger partial charge in [0.25, 0.3) is 0 Å². The third-order valence-electron chi connectivity index (χ3n) is 7.75. The summed E-state index contributed by atoms with van der Waals surface area (Å²) in [5.74, 6) is 2.57. The Balaban J connectivity index is 1.28. The molecular weight excluding hydrogens is 504 g/mol. The molecule has 206 valence electrons. The number of amides is 1. The highest BCUT2D eigenvalue weighted by atomic mass is 16.5. The van der Waals surface area contributed by atoms with Crippen LogP contribution in [0, 0.1) is 0 Å². The summed E-state index contributed by atoms with van der Waals surface area (Å²) in [6.07, 6.45) is 8.44. The predicted molar refractivity (Wildman–Crippen MR) is 155 cm³/mol. The zero-order valence-corrected chi connectivity index (χ0v) is 22.9. The number of anilines is 1. The fourth-order valence-corrected chi connectivity index (χ4v) is 5.50. The van der Waals surface area contributed by atoms with Crippen LogP contribution in [0.15, 0.2) is 73.1 Å². The minimum Gasteiger partial charge on any atom is -0.482 e. The number of para-hydroxylation sites is 1. The molecule has 1 atom stereocenters. The van der Waals surface area contributed by atoms with Crippen molar-refractivity contribution in [2.45, 2.75) is 31.3 Å². The minimum atomic E-state index is -0.00678. The van der Waals surface area contributed by atoms with Crippen molar-refractivity contribution in [3.05, 3.63) is 73.1 Å². The highest BCUT2D eigenvalue weighted by Crippen LogP contribution is 2.45. The number of methoxy groups -OCH3 is 1. The molecule has 1 amide bonds. The fraction of sp³-hybridized carbons (Fsp3) is 0.323. The number of nitrogen functional groups attached to an aromatic ring is 1. The van der Waals surface area contributed by atoms with Crippen molar-refractivity contribution in [1.29, 1.82) is 0 Å². The van der Waals surface area contributed by atoms with E-state index in [0.717, 1.165) is 41.0 Å². The number of benzene rings is 2. The van der Waals surface area contributed by atoms with Crippen molar-refractivity contribution >= 4 is 22.8 Å². The van der Waals surface area contributed by atoms with Crippen molar-refractivity contribution in [2.75, 3.05) is 39.5 Å². The molecule has 1 aliphatic heterocycles. The number of carbonyl (C=O) groups is 1. The third kappa shape index (κ3) is 5.12. The lowest BCUT2D eigenvalue weighted by molar-refractivity contribution is -0.125. The van der Waals surface area contributed by atoms with Crippen LogP contribution in [-0.2, 0) is 4.79 Å². The molecule has 2 aromatic heterocycles. The smallest absolute Gasteiger partial charge is 0.246 e. The first-order chi connectivity index (χ1) is 19.5. The summed E-state index contributed by atoms with van der Waals surface area (Å²) in [6, 6.07) is 18.1. The first-order valence-electron chi connectivity index (χ1n) is 13.7. The van der Waals surface area contributed by atoms with E-state index in [1.165, 1.54) is 19.2 Å². The van der Waals surface area contributed by atoms with Crippen LogP contribution in [0.1, 0.15) is 25.3 Å². The predicted octanol–water partition coefficient (Wildman–Crippen LogP) is 4.91. The second-order valence-electron chi connectivity index (χ2n) is 10.5. The van der Waals surface area contributed by atoms with Gasteiger partial charge in [0, 0.05) is 31.8 Å². The second kappa shape index (κ2) is 11.0. The quantitative estimate of drug-likeness (QED) is 0.303. The molecule has 0 bridgehead atoms. The van der Waals surface area contributed by atoms with Crippen molar-refractivity contribution in [3.63, 3.8) is 0 Å². The number of likely N-dealkylation sites (tertiary alicyclic amines) is 1. The number of carbonyl (C=O) groups excluding carboxylic acids is 1. The highest BCUT2D eigenvalue weighted by molar-refractivity contribution is 6.04. The van der Waals surface area contributed by atoms with Gasteiger partial charge >= 0.3 is 0 Å². The summed E-state index contributed by atoms with van der Waals surface area (Å²) in [4.78, 5) is 26.1. The molecule has 1 aliphatic carbocycles. The van der Waals surface area contributed by atoms with Crippen LogP contribution in [0.2, 0.25) is 0 Å². The summed E-state index contributed by atoms with van der Waals surface area (Å²) in [5, 5.41) is 0.740. The Morgan fingerprint density at radius 2 is 1.82 bits per heavy atom. The Hall–Kier alpha value is -4.37. The summed E-state index contributed by atoms with van der Waals surface area (Å²) >= 11 is 0. The zero-order valence-electron chi connectivity index (χ0n) is 22.9. The number of nitrogens with two attached hydrogens (primary N) is 1. The standard InChI is InChI=1S/C31H34N6O3/c1-35(22-12-13-22)17-6-9-26(38)36-18-16-23(19-36)37-30-28(29(32)33-20-34-30)27(31(37)39-2)21-10-14-25(15-11-21)40-24-7-4-3-5-8-24/h3-11,14-15,20,22-23H,12-13,16-19H2,1-2H3,(H2,32,33,34). The number of ether oxygens (including phenoxy) is 2. The largest absolute Gasteiger partial charge is 0.482 e. The minimum absolute atomic E-state index is 0.00678. The molecule has 4 aromatic rings. The number of nitrogens with zero attached hydrogens (tertiary/aromatic N) is 5. The Bertz CT molecular complexity index is 1530. The molecule has 1 saturated heterocycles. The summed E-state index contributed by atoms with van der Waals surface area (Å²) in [6.45, 7) is 2.02. The molecular formula is C31H34N6O3. The molecule has 2 N–H and O–H groups in total. The van der Waals surface area contributed by atoms with Gasteiger partial charge in [-0.25, -0.2) is 9.97 Å². The number of aromatic nitrogens is 3. The number of rotatable bonds is 9. The highest BCUT2D eigenvalue weighted by Gasteiger charge is 2.33. The maximum Gasteiger partial charge on any atom is 0.246 e. The molecule has 40 heavy (non-hydrogen) atoms. The van der Waals surface area contributed by atoms with Crippen LogP contribution < -0.4 is 15.2 Å². The molecule has 3 heterocycles. The fourth-order valence-electron chi connectivity index (χ4n) is 5.50. The Morgan fingerprint density at radius 3 is 2.55 bits per heavy atom. The van der Waals surface area contributed by atoms with E-state index in [0.29, 0.717) is 36.5 Å². The lowest BCUT2D eigenvalue weighted by atomic mass is 10.1. The van der Waals surface area contributed by atoms with Gasteiger partial charge < -0.3 is 20.1 Å². The Kier molecular flexibility index (Phi) is 7.13. The molecule has 0 spiro atoms. The monoisotopic (exact) mass is 538 g/mol. The van der Waals surface area contributed by atoms with Gasteiger partial charge in [0.1, 0.15) is 29.3 Å². The van der Waals surface area contributed by atoms with Crippen molar-refractivity contribution in [3.8, 4) is 28.5 Å². The van der Waals surface area contributed by atoms with E-state index in [1.54, 1.807) is 13.2 Å². The van der Waals surface area contributed by atoms with E-state index >= 15 is 0 Å². The van der Waals surface area contributed by atoms with E-state index in [4.69, 9.17) is 15.2 Å². The second-order valence-corrected chi connectivity index (χ2v) is 10.5. The van der Waals surface area contributed by atoms with Crippen molar-refractivity contribution in [2.24, 2.45) is 0 Å². The maximum absolute atomic E-state index is 13.0. The summed E-state index contributed by atoms with van der Waals surface area (Å²) in [7, 11) is 3.76. The van der Waals surface area contributed by atoms with Gasteiger partial charge in [-0.3, -0.25) is 14.3 Å². The zero-order chi connectivity index (χ0) is 27.6. The van der Waals surface area contributed by atoms with Gasteiger partial charge in [0.05, 0.1) is 24.1 Å². The first kappa shape index (κ1) is 25.9. The number of likely N-dealkylation sites (N-methyl/N-ethyl adjacent to an activating group) is 1. The third-order valence-corrected chi connectivity index (χ3v) is 7.75. The van der Waals surface area contributed by atoms with Gasteiger partial charge in [0.2, 0.25) is 11.8 Å². The van der Waals surface area contributed by atoms with Crippen LogP contribution in [0.3, 0.4) is 0 Å². The van der Waals surface area contributed by atoms with E-state index in [9.17, 15) is 4.79 Å². The van der Waals surface area contributed by atoms with Crippen LogP contribution in [-0.4, -0.2) is 70.1 Å². The van der Waals surface area contributed by atoms with Crippen molar-refractivity contribution < 1.29 is 14.3 Å². The van der Waals surface area contributed by atoms with Crippen LogP contribution in [0.25, 0.3) is 22.2 Å². The molecule has 1 unspecified atom stereocenters. The average molecular weight is 539 g/mol. The van der Waals surface area contributed by atoms with Gasteiger partial charge in [0.15, 0.2) is 0 Å². The number of hydrogen-bond donors (Lipinski definition) is 1. The van der Waals surface area contributed by atoms with Gasteiger partial charge in [-0.05, 0) is 56.1 Å². The SMILES string of the molecule is COc1c(-c2ccc(Oc3ccccc3)cc2)c2c(N)ncnc2n1C1CCN(C(=O)C=CCN(C)C2CC2)C1. The van der Waals surface area contributed by atoms with Gasteiger partial charge in [-0.2, -0.15) is 0 Å². The maximum atomic E-state index is 13.0. The van der Waals surface area contributed by atoms with Crippen LogP contribution in [0.4, 0.5) is 5.82 Å². The molecule has 2 fully saturated rings. The van der Waals surface area contributed by atoms with E-state index < -0.39 is 0 Å². The molecule has 9 heteroatoms. The molecule has 2 aromatic carbocycles. The van der Waals surface area contributed by atoms with Gasteiger partial charge in [-0.1, -0.05) is 36.4 Å². The lowest BCUT2D eigenvalue weighted by Gasteiger charge is -2.18. The lowest BCUT2D eigenvalue weighted by Crippen LogP contribution is -2.28. The van der Waals surface area contributed by atoms with Crippen LogP contribution >= 0.6 is 0 Å². The molecule has 9 nitrogen and oxygen atoms in total. The number of hydrogen-bond acceptors (Lipinski definition) is 7. The Labute approximate surface area is 233 Å². The molecule has 1 saturated carbocycles. The summed E-state index contributed by atoms with van der Waals surface area (Å²) < 4.78 is 14.1. The van der Waals surface area contributed by atoms with Crippen LogP contribution in [0.5, 0.6) is 17.4 Å². The first-order valence-corrected chi connectivity index (χ1v) is 13.7. The van der Waals surface area contributed by atoms with E-state index in [1.807, 2.05) is 65.6 Å². The summed E-state index contributed by atoms with van der Waals surface area (Å²) in [5.41, 5.74) is 8.86. The average Bonchev–Trinajstić information content (AvgIpc) is 3.61. The van der Waals surface area contributed by atoms with Crippen molar-refractivity contribution in [1.82, 2.24) is 24.3 Å². The number of fused-ring (bicyclic) bond motifs is 1. The molecule has 0 radical (unpaired) electrons. The van der Waals surface area contributed by atoms with E-state index in [2.05, 4.69) is 26.5 Å². The van der Waals surface area contributed by atoms with Gasteiger partial charge in [-0.15, -0.1) is 0 Å². The Morgan fingerprint density at radius 1 is 1.07 bits per heavy atom. The molecule has 6 rings (SSSR count). The van der Waals surface area contributed by atoms with E-state index in [-0.39, 0.29) is 11.9 Å².